The lowest BCUT2D eigenvalue weighted by Crippen LogP contribution is -2.40. The monoisotopic (exact) mass is 253 g/mol. The Morgan fingerprint density at radius 3 is 2.47 bits per heavy atom. The van der Waals surface area contributed by atoms with Crippen molar-refractivity contribution in [2.75, 3.05) is 0 Å². The summed E-state index contributed by atoms with van der Waals surface area (Å²) in [5.74, 6) is 0. The van der Waals surface area contributed by atoms with E-state index in [0.717, 1.165) is 19.3 Å². The van der Waals surface area contributed by atoms with Gasteiger partial charge in [-0.3, -0.25) is 0 Å². The molecule has 1 atom stereocenters. The molecule has 100 valence electrons. The molecule has 2 N–H and O–H groups in total. The predicted molar refractivity (Wildman–Crippen MR) is 82.2 cm³/mol. The molecule has 0 heterocycles. The van der Waals surface area contributed by atoms with Gasteiger partial charge in [0.15, 0.2) is 0 Å². The Morgan fingerprint density at radius 2 is 1.74 bits per heavy atom. The van der Waals surface area contributed by atoms with Crippen molar-refractivity contribution in [2.45, 2.75) is 45.1 Å². The molecule has 1 unspecified atom stereocenters. The standard InChI is InChI=1S/C18H23N/c1-17(2)10-11-18(19,13-17)12-15-8-5-7-14-6-3-4-9-16(14)15/h3-9H,10-13,19H2,1-2H3. The summed E-state index contributed by atoms with van der Waals surface area (Å²) in [5.41, 5.74) is 8.44. The summed E-state index contributed by atoms with van der Waals surface area (Å²) in [4.78, 5) is 0. The topological polar surface area (TPSA) is 26.0 Å². The Kier molecular flexibility index (Phi) is 2.90. The summed E-state index contributed by atoms with van der Waals surface area (Å²) >= 11 is 0. The number of rotatable bonds is 2. The van der Waals surface area contributed by atoms with Gasteiger partial charge in [-0.05, 0) is 47.4 Å². The van der Waals surface area contributed by atoms with Crippen LogP contribution in [0.3, 0.4) is 0 Å². The van der Waals surface area contributed by atoms with E-state index in [9.17, 15) is 0 Å². The van der Waals surface area contributed by atoms with Crippen molar-refractivity contribution < 1.29 is 0 Å². The van der Waals surface area contributed by atoms with E-state index in [1.165, 1.54) is 22.8 Å². The van der Waals surface area contributed by atoms with Crippen LogP contribution in [0.2, 0.25) is 0 Å². The van der Waals surface area contributed by atoms with E-state index < -0.39 is 0 Å². The molecule has 0 amide bonds. The molecule has 1 aliphatic carbocycles. The van der Waals surface area contributed by atoms with Gasteiger partial charge in [0.2, 0.25) is 0 Å². The molecule has 0 bridgehead atoms. The van der Waals surface area contributed by atoms with E-state index in [1.807, 2.05) is 0 Å². The van der Waals surface area contributed by atoms with Crippen molar-refractivity contribution in [2.24, 2.45) is 11.1 Å². The van der Waals surface area contributed by atoms with Gasteiger partial charge < -0.3 is 5.73 Å². The fourth-order valence-electron chi connectivity index (χ4n) is 3.69. The molecule has 0 radical (unpaired) electrons. The van der Waals surface area contributed by atoms with E-state index in [2.05, 4.69) is 56.3 Å². The molecule has 3 rings (SSSR count). The highest BCUT2D eigenvalue weighted by atomic mass is 14.8. The molecule has 1 saturated carbocycles. The number of benzene rings is 2. The van der Waals surface area contributed by atoms with Crippen LogP contribution in [0, 0.1) is 5.41 Å². The maximum Gasteiger partial charge on any atom is 0.0200 e. The van der Waals surface area contributed by atoms with Crippen molar-refractivity contribution in [3.63, 3.8) is 0 Å². The zero-order valence-electron chi connectivity index (χ0n) is 11.9. The molecule has 0 aromatic heterocycles. The SMILES string of the molecule is CC1(C)CCC(N)(Cc2cccc3ccccc23)C1. The van der Waals surface area contributed by atoms with Crippen molar-refractivity contribution in [1.29, 1.82) is 0 Å². The van der Waals surface area contributed by atoms with Gasteiger partial charge in [-0.15, -0.1) is 0 Å². The lowest BCUT2D eigenvalue weighted by molar-refractivity contribution is 0.335. The van der Waals surface area contributed by atoms with E-state index in [1.54, 1.807) is 0 Å². The van der Waals surface area contributed by atoms with E-state index in [4.69, 9.17) is 5.73 Å². The molecule has 19 heavy (non-hydrogen) atoms. The first-order chi connectivity index (χ1) is 8.98. The highest BCUT2D eigenvalue weighted by Crippen LogP contribution is 2.44. The largest absolute Gasteiger partial charge is 0.325 e. The Balaban J connectivity index is 1.94. The fraction of sp³-hybridized carbons (Fsp3) is 0.444. The minimum Gasteiger partial charge on any atom is -0.325 e. The number of fused-ring (bicyclic) bond motifs is 1. The van der Waals surface area contributed by atoms with Gasteiger partial charge in [0.05, 0.1) is 0 Å². The summed E-state index contributed by atoms with van der Waals surface area (Å²) < 4.78 is 0. The minimum atomic E-state index is -0.0202. The van der Waals surface area contributed by atoms with Gasteiger partial charge in [-0.25, -0.2) is 0 Å². The van der Waals surface area contributed by atoms with Crippen LogP contribution in [0.5, 0.6) is 0 Å². The van der Waals surface area contributed by atoms with Gasteiger partial charge in [0.1, 0.15) is 0 Å². The van der Waals surface area contributed by atoms with Crippen LogP contribution >= 0.6 is 0 Å². The Bertz CT molecular complexity index is 594. The highest BCUT2D eigenvalue weighted by Gasteiger charge is 2.40. The van der Waals surface area contributed by atoms with Gasteiger partial charge in [0, 0.05) is 5.54 Å². The molecule has 1 fully saturated rings. The summed E-state index contributed by atoms with van der Waals surface area (Å²) in [7, 11) is 0. The average molecular weight is 253 g/mol. The van der Waals surface area contributed by atoms with Crippen molar-refractivity contribution >= 4 is 10.8 Å². The highest BCUT2D eigenvalue weighted by molar-refractivity contribution is 5.85. The lowest BCUT2D eigenvalue weighted by atomic mass is 9.84. The molecule has 2 aromatic carbocycles. The molecule has 0 aliphatic heterocycles. The Labute approximate surface area is 115 Å². The normalized spacial score (nSPS) is 25.8. The predicted octanol–water partition coefficient (Wildman–Crippen LogP) is 4.29. The van der Waals surface area contributed by atoms with E-state index in [0.29, 0.717) is 5.41 Å². The summed E-state index contributed by atoms with van der Waals surface area (Å²) in [5, 5.41) is 2.68. The van der Waals surface area contributed by atoms with Crippen LogP contribution in [-0.4, -0.2) is 5.54 Å². The Hall–Kier alpha value is -1.34. The smallest absolute Gasteiger partial charge is 0.0200 e. The third-order valence-corrected chi connectivity index (χ3v) is 4.55. The molecule has 0 spiro atoms. The van der Waals surface area contributed by atoms with Gasteiger partial charge in [0.25, 0.3) is 0 Å². The van der Waals surface area contributed by atoms with Crippen LogP contribution in [0.15, 0.2) is 42.5 Å². The minimum absolute atomic E-state index is 0.0202. The molecule has 1 nitrogen and oxygen atoms in total. The first-order valence-corrected chi connectivity index (χ1v) is 7.23. The van der Waals surface area contributed by atoms with Gasteiger partial charge >= 0.3 is 0 Å². The third kappa shape index (κ3) is 2.52. The number of hydrogen-bond acceptors (Lipinski definition) is 1. The van der Waals surface area contributed by atoms with Crippen molar-refractivity contribution in [1.82, 2.24) is 0 Å². The van der Waals surface area contributed by atoms with Gasteiger partial charge in [-0.2, -0.15) is 0 Å². The molecule has 0 saturated heterocycles. The first-order valence-electron chi connectivity index (χ1n) is 7.23. The summed E-state index contributed by atoms with van der Waals surface area (Å²) in [6.07, 6.45) is 4.51. The number of hydrogen-bond donors (Lipinski definition) is 1. The second-order valence-electron chi connectivity index (χ2n) is 7.02. The number of nitrogens with two attached hydrogens (primary N) is 1. The molecular formula is C18H23N. The molecule has 1 heteroatoms. The van der Waals surface area contributed by atoms with Crippen LogP contribution in [0.4, 0.5) is 0 Å². The summed E-state index contributed by atoms with van der Waals surface area (Å²) in [6, 6.07) is 15.2. The Morgan fingerprint density at radius 1 is 1.00 bits per heavy atom. The first kappa shape index (κ1) is 12.7. The van der Waals surface area contributed by atoms with Crippen LogP contribution in [0.25, 0.3) is 10.8 Å². The quantitative estimate of drug-likeness (QED) is 0.849. The average Bonchev–Trinajstić information content (AvgIpc) is 2.64. The maximum atomic E-state index is 6.66. The zero-order valence-corrected chi connectivity index (χ0v) is 11.9. The maximum absolute atomic E-state index is 6.66. The molecular weight excluding hydrogens is 230 g/mol. The van der Waals surface area contributed by atoms with Crippen LogP contribution in [-0.2, 0) is 6.42 Å². The van der Waals surface area contributed by atoms with E-state index >= 15 is 0 Å². The second kappa shape index (κ2) is 4.35. The molecule has 2 aromatic rings. The van der Waals surface area contributed by atoms with E-state index in [-0.39, 0.29) is 5.54 Å². The lowest BCUT2D eigenvalue weighted by Gasteiger charge is -2.27. The van der Waals surface area contributed by atoms with Crippen molar-refractivity contribution in [3.8, 4) is 0 Å². The van der Waals surface area contributed by atoms with Crippen LogP contribution in [0.1, 0.15) is 38.7 Å². The zero-order chi connectivity index (χ0) is 13.5. The van der Waals surface area contributed by atoms with Crippen molar-refractivity contribution in [3.05, 3.63) is 48.0 Å². The fourth-order valence-corrected chi connectivity index (χ4v) is 3.69. The summed E-state index contributed by atoms with van der Waals surface area (Å²) in [6.45, 7) is 4.68. The molecule has 1 aliphatic rings. The van der Waals surface area contributed by atoms with Gasteiger partial charge in [-0.1, -0.05) is 56.3 Å². The van der Waals surface area contributed by atoms with Crippen LogP contribution < -0.4 is 5.73 Å². The second-order valence-corrected chi connectivity index (χ2v) is 7.02. The third-order valence-electron chi connectivity index (χ3n) is 4.55.